The number of hydrogen-bond acceptors (Lipinski definition) is 5. The number of pyridine rings is 1. The van der Waals surface area contributed by atoms with E-state index < -0.39 is 0 Å². The largest absolute Gasteiger partial charge is 0.354 e. The highest BCUT2D eigenvalue weighted by Gasteiger charge is 2.24. The Kier molecular flexibility index (Phi) is 6.24. The van der Waals surface area contributed by atoms with Crippen LogP contribution in [-0.4, -0.2) is 35.1 Å². The number of benzene rings is 2. The molecular formula is C25H22ClN5OS. The van der Waals surface area contributed by atoms with Gasteiger partial charge in [0.2, 0.25) is 0 Å². The maximum absolute atomic E-state index is 12.6. The Morgan fingerprint density at radius 2 is 1.94 bits per heavy atom. The molecule has 0 saturated carbocycles. The van der Waals surface area contributed by atoms with Gasteiger partial charge in [-0.15, -0.1) is 11.3 Å². The molecule has 8 heteroatoms. The molecule has 1 atom stereocenters. The van der Waals surface area contributed by atoms with Crippen LogP contribution in [0.1, 0.15) is 6.42 Å². The van der Waals surface area contributed by atoms with Crippen LogP contribution >= 0.6 is 22.9 Å². The van der Waals surface area contributed by atoms with Crippen molar-refractivity contribution >= 4 is 40.5 Å². The van der Waals surface area contributed by atoms with Crippen molar-refractivity contribution in [3.63, 3.8) is 0 Å². The number of carbonyl (C=O) groups is 1. The number of thiazole rings is 1. The molecule has 2 aromatic carbocycles. The topological polar surface area (TPSA) is 70.2 Å². The van der Waals surface area contributed by atoms with E-state index in [-0.39, 0.29) is 12.1 Å². The summed E-state index contributed by atoms with van der Waals surface area (Å²) in [6.07, 6.45) is 2.67. The summed E-state index contributed by atoms with van der Waals surface area (Å²) >= 11 is 7.55. The van der Waals surface area contributed by atoms with Crippen LogP contribution in [0.15, 0.2) is 78.3 Å². The van der Waals surface area contributed by atoms with Crippen LogP contribution in [0.25, 0.3) is 21.8 Å². The first-order chi connectivity index (χ1) is 16.1. The van der Waals surface area contributed by atoms with Gasteiger partial charge in [0.1, 0.15) is 10.8 Å². The number of aromatic nitrogens is 2. The zero-order valence-electron chi connectivity index (χ0n) is 17.7. The second-order valence-corrected chi connectivity index (χ2v) is 9.14. The van der Waals surface area contributed by atoms with Crippen molar-refractivity contribution < 1.29 is 4.79 Å². The van der Waals surface area contributed by atoms with Crippen molar-refractivity contribution in [1.82, 2.24) is 15.3 Å². The summed E-state index contributed by atoms with van der Waals surface area (Å²) in [5.41, 5.74) is 3.61. The molecule has 33 heavy (non-hydrogen) atoms. The molecule has 4 aromatic rings. The molecule has 6 nitrogen and oxygen atoms in total. The summed E-state index contributed by atoms with van der Waals surface area (Å²) in [5, 5.41) is 9.65. The van der Waals surface area contributed by atoms with Crippen LogP contribution in [0.3, 0.4) is 0 Å². The second-order valence-electron chi connectivity index (χ2n) is 7.84. The summed E-state index contributed by atoms with van der Waals surface area (Å²) in [5.74, 6) is 0.941. The van der Waals surface area contributed by atoms with Gasteiger partial charge in [-0.25, -0.2) is 14.8 Å². The molecular weight excluding hydrogens is 454 g/mol. The highest BCUT2D eigenvalue weighted by atomic mass is 35.5. The average molecular weight is 476 g/mol. The van der Waals surface area contributed by atoms with E-state index in [1.165, 1.54) is 0 Å². The number of anilines is 2. The van der Waals surface area contributed by atoms with Gasteiger partial charge in [-0.1, -0.05) is 41.9 Å². The van der Waals surface area contributed by atoms with E-state index in [4.69, 9.17) is 16.6 Å². The van der Waals surface area contributed by atoms with Crippen LogP contribution in [0.2, 0.25) is 5.02 Å². The molecule has 0 radical (unpaired) electrons. The summed E-state index contributed by atoms with van der Waals surface area (Å²) in [4.78, 5) is 23.9. The summed E-state index contributed by atoms with van der Waals surface area (Å²) in [7, 11) is 0. The molecule has 2 N–H and O–H groups in total. The van der Waals surface area contributed by atoms with Gasteiger partial charge in [0, 0.05) is 52.5 Å². The lowest BCUT2D eigenvalue weighted by Gasteiger charge is -2.18. The minimum atomic E-state index is -0.207. The number of nitrogens with zero attached hydrogens (tertiary/aromatic N) is 3. The molecule has 0 aliphatic carbocycles. The van der Waals surface area contributed by atoms with Gasteiger partial charge in [-0.2, -0.15) is 0 Å². The standard InChI is InChI=1S/C25H22ClN5OS/c26-19-9-7-17(8-10-19)22-16-33-24(30-22)18-4-3-5-20(14-18)28-25(32)29-21-11-13-31(15-21)23-6-1-2-12-27-23/h1-10,12,14,16,21H,11,13,15H2,(H2,28,29,32). The summed E-state index contributed by atoms with van der Waals surface area (Å²) in [6, 6.07) is 21.1. The van der Waals surface area contributed by atoms with E-state index >= 15 is 0 Å². The quantitative estimate of drug-likeness (QED) is 0.375. The minimum Gasteiger partial charge on any atom is -0.354 e. The molecule has 5 rings (SSSR count). The molecule has 1 saturated heterocycles. The fourth-order valence-corrected chi connectivity index (χ4v) is 4.82. The van der Waals surface area contributed by atoms with Gasteiger partial charge in [0.15, 0.2) is 0 Å². The van der Waals surface area contributed by atoms with Gasteiger partial charge in [-0.3, -0.25) is 0 Å². The molecule has 0 spiro atoms. The van der Waals surface area contributed by atoms with E-state index in [9.17, 15) is 4.79 Å². The SMILES string of the molecule is O=C(Nc1cccc(-c2nc(-c3ccc(Cl)cc3)cs2)c1)NC1CCN(c2ccccn2)C1. The zero-order chi connectivity index (χ0) is 22.6. The Bertz CT molecular complexity index is 1250. The number of hydrogen-bond donors (Lipinski definition) is 2. The van der Waals surface area contributed by atoms with Gasteiger partial charge in [0.25, 0.3) is 0 Å². The molecule has 0 bridgehead atoms. The van der Waals surface area contributed by atoms with Crippen molar-refractivity contribution in [2.24, 2.45) is 0 Å². The number of nitrogens with one attached hydrogen (secondary N) is 2. The van der Waals surface area contributed by atoms with E-state index in [1.54, 1.807) is 17.5 Å². The van der Waals surface area contributed by atoms with Crippen LogP contribution in [0.4, 0.5) is 16.3 Å². The zero-order valence-corrected chi connectivity index (χ0v) is 19.3. The van der Waals surface area contributed by atoms with Crippen molar-refractivity contribution in [3.05, 3.63) is 83.3 Å². The molecule has 3 heterocycles. The third-order valence-corrected chi connectivity index (χ3v) is 6.65. The number of halogens is 1. The Hall–Kier alpha value is -3.42. The highest BCUT2D eigenvalue weighted by molar-refractivity contribution is 7.13. The minimum absolute atomic E-state index is 0.0797. The summed E-state index contributed by atoms with van der Waals surface area (Å²) in [6.45, 7) is 1.62. The Morgan fingerprint density at radius 3 is 2.76 bits per heavy atom. The lowest BCUT2D eigenvalue weighted by molar-refractivity contribution is 0.249. The van der Waals surface area contributed by atoms with E-state index in [0.29, 0.717) is 5.02 Å². The van der Waals surface area contributed by atoms with E-state index in [2.05, 4.69) is 20.5 Å². The molecule has 1 aliphatic heterocycles. The van der Waals surface area contributed by atoms with Crippen LogP contribution < -0.4 is 15.5 Å². The smallest absolute Gasteiger partial charge is 0.319 e. The first kappa shape index (κ1) is 21.4. The number of amides is 2. The van der Waals surface area contributed by atoms with Crippen LogP contribution in [0.5, 0.6) is 0 Å². The predicted molar refractivity (Wildman–Crippen MR) is 135 cm³/mol. The second kappa shape index (κ2) is 9.60. The normalized spacial score (nSPS) is 15.4. The Morgan fingerprint density at radius 1 is 1.06 bits per heavy atom. The van der Waals surface area contributed by atoms with Crippen molar-refractivity contribution in [1.29, 1.82) is 0 Å². The summed E-state index contributed by atoms with van der Waals surface area (Å²) < 4.78 is 0. The van der Waals surface area contributed by atoms with Crippen molar-refractivity contribution in [2.75, 3.05) is 23.3 Å². The molecule has 2 aromatic heterocycles. The lowest BCUT2D eigenvalue weighted by atomic mass is 10.2. The van der Waals surface area contributed by atoms with E-state index in [1.807, 2.05) is 72.1 Å². The van der Waals surface area contributed by atoms with Gasteiger partial charge in [0.05, 0.1) is 5.69 Å². The monoisotopic (exact) mass is 475 g/mol. The molecule has 1 unspecified atom stereocenters. The molecule has 166 valence electrons. The van der Waals surface area contributed by atoms with Gasteiger partial charge < -0.3 is 15.5 Å². The number of urea groups is 1. The molecule has 2 amide bonds. The maximum Gasteiger partial charge on any atom is 0.319 e. The number of carbonyl (C=O) groups excluding carboxylic acids is 1. The van der Waals surface area contributed by atoms with Crippen molar-refractivity contribution in [3.8, 4) is 21.8 Å². The Balaban J connectivity index is 1.21. The highest BCUT2D eigenvalue weighted by Crippen LogP contribution is 2.30. The fraction of sp³-hybridized carbons (Fsp3) is 0.160. The molecule has 1 aliphatic rings. The first-order valence-corrected chi connectivity index (χ1v) is 12.0. The van der Waals surface area contributed by atoms with Gasteiger partial charge in [-0.05, 0) is 42.8 Å². The van der Waals surface area contributed by atoms with Crippen LogP contribution in [0, 0.1) is 0 Å². The maximum atomic E-state index is 12.6. The number of rotatable bonds is 5. The third-order valence-electron chi connectivity index (χ3n) is 5.51. The van der Waals surface area contributed by atoms with E-state index in [0.717, 1.165) is 52.8 Å². The average Bonchev–Trinajstić information content (AvgIpc) is 3.51. The Labute approximate surface area is 201 Å². The van der Waals surface area contributed by atoms with Gasteiger partial charge >= 0.3 is 6.03 Å². The van der Waals surface area contributed by atoms with Crippen LogP contribution in [-0.2, 0) is 0 Å². The predicted octanol–water partition coefficient (Wildman–Crippen LogP) is 5.93. The molecule has 1 fully saturated rings. The fourth-order valence-electron chi connectivity index (χ4n) is 3.87. The first-order valence-electron chi connectivity index (χ1n) is 10.7. The lowest BCUT2D eigenvalue weighted by Crippen LogP contribution is -2.39. The third kappa shape index (κ3) is 5.16. The van der Waals surface area contributed by atoms with Crippen molar-refractivity contribution in [2.45, 2.75) is 12.5 Å².